The molecule has 11 aromatic rings. The maximum absolute atomic E-state index is 5.30. The highest BCUT2D eigenvalue weighted by molar-refractivity contribution is 7.99. The van der Waals surface area contributed by atoms with Gasteiger partial charge in [0.15, 0.2) is 5.82 Å². The first-order valence-corrected chi connectivity index (χ1v) is 20.1. The normalized spacial score (nSPS) is 12.1. The van der Waals surface area contributed by atoms with Gasteiger partial charge in [0.05, 0.1) is 27.9 Å². The van der Waals surface area contributed by atoms with Crippen LogP contribution in [-0.4, -0.2) is 19.1 Å². The van der Waals surface area contributed by atoms with Gasteiger partial charge >= 0.3 is 0 Å². The summed E-state index contributed by atoms with van der Waals surface area (Å²) in [5.41, 5.74) is 14.5. The van der Waals surface area contributed by atoms with Gasteiger partial charge in [0, 0.05) is 48.2 Å². The Bertz CT molecular complexity index is 3380. The number of benzene rings is 8. The van der Waals surface area contributed by atoms with E-state index in [4.69, 9.17) is 9.97 Å². The number of fused-ring (bicyclic) bond motifs is 8. The predicted octanol–water partition coefficient (Wildman–Crippen LogP) is 13.8. The Morgan fingerprint density at radius 2 is 1.04 bits per heavy atom. The third kappa shape index (κ3) is 5.03. The Balaban J connectivity index is 1.03. The molecular formula is C52H32N4S. The lowest BCUT2D eigenvalue weighted by Gasteiger charge is -2.22. The molecule has 0 amide bonds. The summed E-state index contributed by atoms with van der Waals surface area (Å²) >= 11 is 1.85. The molecule has 5 heteroatoms. The highest BCUT2D eigenvalue weighted by atomic mass is 32.2. The number of aromatic nitrogens is 4. The lowest BCUT2D eigenvalue weighted by atomic mass is 9.99. The second kappa shape index (κ2) is 12.7. The van der Waals surface area contributed by atoms with E-state index in [0.717, 1.165) is 50.1 Å². The summed E-state index contributed by atoms with van der Waals surface area (Å²) in [7, 11) is 0. The number of nitrogens with zero attached hydrogens (tertiary/aromatic N) is 4. The van der Waals surface area contributed by atoms with Gasteiger partial charge in [0.25, 0.3) is 0 Å². The standard InChI is InChI=1S/C52H32N4S/c1-3-14-33(15-4-1)34-16-11-18-37(30-34)49-40-22-7-9-25-43(40)53-51(54-49)38-19-12-17-35(31-38)36-28-29-46-45(32-36)56-50-42(24-13-27-47(50)57-46)48-41-23-8-10-26-44(41)55(52(48)56)39-20-5-2-6-21-39/h1-32H. The molecule has 12 rings (SSSR count). The Hall–Kier alpha value is -7.21. The second-order valence-electron chi connectivity index (χ2n) is 14.6. The molecule has 57 heavy (non-hydrogen) atoms. The molecule has 0 bridgehead atoms. The third-order valence-electron chi connectivity index (χ3n) is 11.3. The van der Waals surface area contributed by atoms with Gasteiger partial charge in [0.1, 0.15) is 5.65 Å². The van der Waals surface area contributed by atoms with Crippen LogP contribution < -0.4 is 0 Å². The first kappa shape index (κ1) is 32.1. The molecule has 0 aliphatic carbocycles. The van der Waals surface area contributed by atoms with Crippen molar-refractivity contribution >= 4 is 55.5 Å². The van der Waals surface area contributed by atoms with Crippen LogP contribution in [0.1, 0.15) is 0 Å². The zero-order valence-corrected chi connectivity index (χ0v) is 31.5. The van der Waals surface area contributed by atoms with Crippen molar-refractivity contribution in [1.29, 1.82) is 0 Å². The maximum Gasteiger partial charge on any atom is 0.160 e. The van der Waals surface area contributed by atoms with Gasteiger partial charge in [-0.1, -0.05) is 151 Å². The third-order valence-corrected chi connectivity index (χ3v) is 12.4. The molecule has 0 radical (unpaired) electrons. The predicted molar refractivity (Wildman–Crippen MR) is 237 cm³/mol. The molecule has 3 aromatic heterocycles. The molecule has 0 N–H and O–H groups in total. The molecule has 4 nitrogen and oxygen atoms in total. The Morgan fingerprint density at radius 3 is 1.89 bits per heavy atom. The maximum atomic E-state index is 5.30. The van der Waals surface area contributed by atoms with E-state index in [1.165, 1.54) is 53.9 Å². The first-order valence-electron chi connectivity index (χ1n) is 19.2. The highest BCUT2D eigenvalue weighted by Gasteiger charge is 2.28. The number of hydrogen-bond acceptors (Lipinski definition) is 3. The van der Waals surface area contributed by atoms with E-state index in [1.807, 2.05) is 11.8 Å². The average molecular weight is 745 g/mol. The lowest BCUT2D eigenvalue weighted by molar-refractivity contribution is 1.03. The molecular weight excluding hydrogens is 713 g/mol. The molecule has 0 saturated carbocycles. The Labute approximate surface area is 333 Å². The van der Waals surface area contributed by atoms with Crippen LogP contribution in [0.4, 0.5) is 0 Å². The van der Waals surface area contributed by atoms with Gasteiger partial charge in [0.2, 0.25) is 0 Å². The van der Waals surface area contributed by atoms with Crippen LogP contribution >= 0.6 is 11.8 Å². The quantitative estimate of drug-likeness (QED) is 0.176. The van der Waals surface area contributed by atoms with E-state index >= 15 is 0 Å². The molecule has 4 heterocycles. The first-order chi connectivity index (χ1) is 28.3. The van der Waals surface area contributed by atoms with Crippen LogP contribution in [0.25, 0.3) is 100 Å². The molecule has 0 saturated heterocycles. The van der Waals surface area contributed by atoms with E-state index < -0.39 is 0 Å². The molecule has 1 aliphatic rings. The van der Waals surface area contributed by atoms with Gasteiger partial charge in [-0.05, 0) is 76.9 Å². The fraction of sp³-hybridized carbons (Fsp3) is 0. The molecule has 0 spiro atoms. The van der Waals surface area contributed by atoms with Crippen molar-refractivity contribution in [2.45, 2.75) is 9.79 Å². The number of rotatable bonds is 5. The topological polar surface area (TPSA) is 35.6 Å². The average Bonchev–Trinajstić information content (AvgIpc) is 3.81. The van der Waals surface area contributed by atoms with Crippen LogP contribution in [0.2, 0.25) is 0 Å². The van der Waals surface area contributed by atoms with Crippen LogP contribution in [-0.2, 0) is 0 Å². The Morgan fingerprint density at radius 1 is 0.404 bits per heavy atom. The minimum absolute atomic E-state index is 0.708. The fourth-order valence-electron chi connectivity index (χ4n) is 8.74. The summed E-state index contributed by atoms with van der Waals surface area (Å²) in [6.45, 7) is 0. The van der Waals surface area contributed by atoms with E-state index in [-0.39, 0.29) is 0 Å². The lowest BCUT2D eigenvalue weighted by Crippen LogP contribution is -2.06. The van der Waals surface area contributed by atoms with Crippen molar-refractivity contribution in [3.05, 3.63) is 194 Å². The van der Waals surface area contributed by atoms with Gasteiger partial charge in [-0.25, -0.2) is 9.97 Å². The van der Waals surface area contributed by atoms with E-state index in [0.29, 0.717) is 5.82 Å². The van der Waals surface area contributed by atoms with E-state index in [2.05, 4.69) is 203 Å². The van der Waals surface area contributed by atoms with Crippen LogP contribution in [0.3, 0.4) is 0 Å². The SMILES string of the molecule is c1ccc(-c2cccc(-c3nc(-c4cccc(-c5ccc6c(c5)-n5c7c(cccc7c7c8ccccc8n(-c8ccccc8)c75)S6)c4)nc4ccccc34)c2)cc1. The van der Waals surface area contributed by atoms with Crippen molar-refractivity contribution < 1.29 is 0 Å². The minimum Gasteiger partial charge on any atom is -0.295 e. The van der Waals surface area contributed by atoms with Crippen molar-refractivity contribution in [1.82, 2.24) is 19.1 Å². The van der Waals surface area contributed by atoms with Gasteiger partial charge in [-0.3, -0.25) is 9.13 Å². The zero-order chi connectivity index (χ0) is 37.5. The zero-order valence-electron chi connectivity index (χ0n) is 30.7. The molecule has 0 unspecified atom stereocenters. The summed E-state index contributed by atoms with van der Waals surface area (Å²) in [5, 5.41) is 4.85. The van der Waals surface area contributed by atoms with Crippen molar-refractivity contribution in [2.24, 2.45) is 0 Å². The van der Waals surface area contributed by atoms with Crippen molar-refractivity contribution in [3.8, 4) is 56.3 Å². The Kier molecular flexibility index (Phi) is 7.13. The molecule has 8 aromatic carbocycles. The van der Waals surface area contributed by atoms with Crippen LogP contribution in [0, 0.1) is 0 Å². The smallest absolute Gasteiger partial charge is 0.160 e. The summed E-state index contributed by atoms with van der Waals surface area (Å²) in [4.78, 5) is 12.9. The van der Waals surface area contributed by atoms with Crippen LogP contribution in [0.5, 0.6) is 0 Å². The van der Waals surface area contributed by atoms with E-state index in [1.54, 1.807) is 0 Å². The monoisotopic (exact) mass is 744 g/mol. The van der Waals surface area contributed by atoms with Gasteiger partial charge in [-0.2, -0.15) is 0 Å². The summed E-state index contributed by atoms with van der Waals surface area (Å²) in [6, 6.07) is 69.4. The molecule has 0 fully saturated rings. The van der Waals surface area contributed by atoms with Gasteiger partial charge in [-0.15, -0.1) is 0 Å². The fourth-order valence-corrected chi connectivity index (χ4v) is 9.81. The minimum atomic E-state index is 0.708. The van der Waals surface area contributed by atoms with Gasteiger partial charge < -0.3 is 0 Å². The van der Waals surface area contributed by atoms with Crippen molar-refractivity contribution in [2.75, 3.05) is 0 Å². The largest absolute Gasteiger partial charge is 0.295 e. The van der Waals surface area contributed by atoms with Crippen molar-refractivity contribution in [3.63, 3.8) is 0 Å². The molecule has 0 atom stereocenters. The molecule has 1 aliphatic heterocycles. The molecule has 266 valence electrons. The summed E-state index contributed by atoms with van der Waals surface area (Å²) in [5.74, 6) is 0.708. The number of hydrogen-bond donors (Lipinski definition) is 0. The second-order valence-corrected chi connectivity index (χ2v) is 15.7. The van der Waals surface area contributed by atoms with Crippen LogP contribution in [0.15, 0.2) is 204 Å². The summed E-state index contributed by atoms with van der Waals surface area (Å²) < 4.78 is 4.94. The summed E-state index contributed by atoms with van der Waals surface area (Å²) in [6.07, 6.45) is 0. The number of para-hydroxylation sites is 4. The highest BCUT2D eigenvalue weighted by Crippen LogP contribution is 2.50. The van der Waals surface area contributed by atoms with E-state index in [9.17, 15) is 0 Å².